The van der Waals surface area contributed by atoms with E-state index in [0.717, 1.165) is 17.7 Å². The first-order valence-electron chi connectivity index (χ1n) is 5.72. The van der Waals surface area contributed by atoms with Crippen molar-refractivity contribution in [1.29, 1.82) is 0 Å². The first-order valence-corrected chi connectivity index (χ1v) is 6.52. The van der Waals surface area contributed by atoms with Crippen LogP contribution >= 0.6 is 15.9 Å². The molecule has 0 fully saturated rings. The third kappa shape index (κ3) is 2.96. The van der Waals surface area contributed by atoms with Gasteiger partial charge in [-0.1, -0.05) is 31.2 Å². The molecule has 92 valence electrons. The van der Waals surface area contributed by atoms with Crippen LogP contribution in [-0.4, -0.2) is 10.9 Å². The molecule has 1 aromatic carbocycles. The molecule has 0 aliphatic carbocycles. The van der Waals surface area contributed by atoms with Gasteiger partial charge in [0.2, 0.25) is 0 Å². The zero-order valence-corrected chi connectivity index (χ0v) is 11.6. The number of aryl methyl sites for hydroxylation is 1. The Bertz CT molecular complexity index is 569. The minimum Gasteiger partial charge on any atom is -0.320 e. The highest BCUT2D eigenvalue weighted by atomic mass is 79.9. The van der Waals surface area contributed by atoms with E-state index in [9.17, 15) is 4.79 Å². The van der Waals surface area contributed by atoms with Crippen LogP contribution in [0.3, 0.4) is 0 Å². The van der Waals surface area contributed by atoms with Crippen LogP contribution in [0.2, 0.25) is 0 Å². The quantitative estimate of drug-likeness (QED) is 0.879. The Hall–Kier alpha value is -1.68. The maximum atomic E-state index is 12.0. The summed E-state index contributed by atoms with van der Waals surface area (Å²) in [4.78, 5) is 16.2. The number of hydrogen-bond donors (Lipinski definition) is 1. The molecule has 3 nitrogen and oxygen atoms in total. The van der Waals surface area contributed by atoms with Crippen molar-refractivity contribution in [3.05, 3.63) is 58.3 Å². The van der Waals surface area contributed by atoms with Gasteiger partial charge >= 0.3 is 0 Å². The van der Waals surface area contributed by atoms with Gasteiger partial charge in [-0.2, -0.15) is 0 Å². The van der Waals surface area contributed by atoms with E-state index in [0.29, 0.717) is 10.3 Å². The molecule has 0 saturated carbocycles. The lowest BCUT2D eigenvalue weighted by molar-refractivity contribution is 0.102. The van der Waals surface area contributed by atoms with Crippen LogP contribution in [0.4, 0.5) is 5.69 Å². The van der Waals surface area contributed by atoms with Gasteiger partial charge in [-0.05, 0) is 46.1 Å². The molecule has 1 heterocycles. The number of nitrogens with zero attached hydrogens (tertiary/aromatic N) is 1. The smallest absolute Gasteiger partial charge is 0.274 e. The fourth-order valence-electron chi connectivity index (χ4n) is 1.67. The standard InChI is InChI=1S/C14H13BrN2O/c1-2-10-6-3-4-7-11(10)17-14(18)12-8-5-9-13(15)16-12/h3-9H,2H2,1H3,(H,17,18). The van der Waals surface area contributed by atoms with Crippen molar-refractivity contribution < 1.29 is 4.79 Å². The maximum absolute atomic E-state index is 12.0. The molecule has 0 aliphatic rings. The average molecular weight is 305 g/mol. The van der Waals surface area contributed by atoms with E-state index in [1.54, 1.807) is 18.2 Å². The predicted molar refractivity (Wildman–Crippen MR) is 75.7 cm³/mol. The predicted octanol–water partition coefficient (Wildman–Crippen LogP) is 3.66. The van der Waals surface area contributed by atoms with Crippen molar-refractivity contribution in [2.75, 3.05) is 5.32 Å². The second-order valence-electron chi connectivity index (χ2n) is 3.81. The molecule has 0 aliphatic heterocycles. The number of halogens is 1. The third-order valence-corrected chi connectivity index (χ3v) is 3.04. The Kier molecular flexibility index (Phi) is 4.10. The number of hydrogen-bond acceptors (Lipinski definition) is 2. The molecular weight excluding hydrogens is 292 g/mol. The summed E-state index contributed by atoms with van der Waals surface area (Å²) < 4.78 is 0.652. The lowest BCUT2D eigenvalue weighted by Crippen LogP contribution is -2.14. The summed E-state index contributed by atoms with van der Waals surface area (Å²) in [6.07, 6.45) is 0.877. The number of anilines is 1. The van der Waals surface area contributed by atoms with Gasteiger partial charge in [0, 0.05) is 5.69 Å². The van der Waals surface area contributed by atoms with Crippen LogP contribution in [0.5, 0.6) is 0 Å². The molecule has 18 heavy (non-hydrogen) atoms. The summed E-state index contributed by atoms with van der Waals surface area (Å²) in [7, 11) is 0. The van der Waals surface area contributed by atoms with Crippen molar-refractivity contribution in [3.8, 4) is 0 Å². The summed E-state index contributed by atoms with van der Waals surface area (Å²) in [5.74, 6) is -0.197. The summed E-state index contributed by atoms with van der Waals surface area (Å²) >= 11 is 3.25. The van der Waals surface area contributed by atoms with E-state index < -0.39 is 0 Å². The summed E-state index contributed by atoms with van der Waals surface area (Å²) in [6, 6.07) is 13.0. The van der Waals surface area contributed by atoms with E-state index in [1.165, 1.54) is 0 Å². The van der Waals surface area contributed by atoms with Crippen LogP contribution in [0, 0.1) is 0 Å². The minimum atomic E-state index is -0.197. The summed E-state index contributed by atoms with van der Waals surface area (Å²) in [5.41, 5.74) is 2.35. The molecule has 2 rings (SSSR count). The number of pyridine rings is 1. The van der Waals surface area contributed by atoms with Crippen molar-refractivity contribution in [2.24, 2.45) is 0 Å². The molecule has 2 aromatic rings. The van der Waals surface area contributed by atoms with Crippen LogP contribution in [0.25, 0.3) is 0 Å². The van der Waals surface area contributed by atoms with Crippen LogP contribution in [-0.2, 0) is 6.42 Å². The first-order chi connectivity index (χ1) is 8.70. The Morgan fingerprint density at radius 1 is 1.22 bits per heavy atom. The Morgan fingerprint density at radius 2 is 2.00 bits per heavy atom. The van der Waals surface area contributed by atoms with E-state index in [-0.39, 0.29) is 5.91 Å². The summed E-state index contributed by atoms with van der Waals surface area (Å²) in [5, 5.41) is 2.88. The summed E-state index contributed by atoms with van der Waals surface area (Å²) in [6.45, 7) is 2.06. The highest BCUT2D eigenvalue weighted by Crippen LogP contribution is 2.16. The molecule has 0 atom stereocenters. The maximum Gasteiger partial charge on any atom is 0.274 e. The van der Waals surface area contributed by atoms with Gasteiger partial charge in [0.25, 0.3) is 5.91 Å². The zero-order chi connectivity index (χ0) is 13.0. The van der Waals surface area contributed by atoms with Crippen molar-refractivity contribution in [1.82, 2.24) is 4.98 Å². The number of amides is 1. The molecule has 0 spiro atoms. The number of benzene rings is 1. The number of aromatic nitrogens is 1. The molecular formula is C14H13BrN2O. The van der Waals surface area contributed by atoms with E-state index >= 15 is 0 Å². The second-order valence-corrected chi connectivity index (χ2v) is 4.62. The highest BCUT2D eigenvalue weighted by molar-refractivity contribution is 9.10. The van der Waals surface area contributed by atoms with Crippen LogP contribution in [0.1, 0.15) is 23.0 Å². The van der Waals surface area contributed by atoms with Crippen LogP contribution < -0.4 is 5.32 Å². The van der Waals surface area contributed by atoms with E-state index in [1.807, 2.05) is 24.3 Å². The lowest BCUT2D eigenvalue weighted by Gasteiger charge is -2.09. The number of para-hydroxylation sites is 1. The average Bonchev–Trinajstić information content (AvgIpc) is 2.39. The lowest BCUT2D eigenvalue weighted by atomic mass is 10.1. The molecule has 0 radical (unpaired) electrons. The monoisotopic (exact) mass is 304 g/mol. The molecule has 1 N–H and O–H groups in total. The topological polar surface area (TPSA) is 42.0 Å². The normalized spacial score (nSPS) is 10.1. The number of carbonyl (C=O) groups is 1. The molecule has 0 bridgehead atoms. The number of nitrogens with one attached hydrogen (secondary N) is 1. The van der Waals surface area contributed by atoms with Crippen molar-refractivity contribution in [2.45, 2.75) is 13.3 Å². The minimum absolute atomic E-state index is 0.197. The van der Waals surface area contributed by atoms with Gasteiger partial charge in [-0.15, -0.1) is 0 Å². The fourth-order valence-corrected chi connectivity index (χ4v) is 2.02. The van der Waals surface area contributed by atoms with Crippen molar-refractivity contribution in [3.63, 3.8) is 0 Å². The highest BCUT2D eigenvalue weighted by Gasteiger charge is 2.09. The van der Waals surface area contributed by atoms with E-state index in [4.69, 9.17) is 0 Å². The molecule has 1 amide bonds. The first kappa shape index (κ1) is 12.8. The Morgan fingerprint density at radius 3 is 2.72 bits per heavy atom. The van der Waals surface area contributed by atoms with Gasteiger partial charge in [-0.25, -0.2) is 4.98 Å². The van der Waals surface area contributed by atoms with Gasteiger partial charge in [0.05, 0.1) is 0 Å². The second kappa shape index (κ2) is 5.78. The number of carbonyl (C=O) groups excluding carboxylic acids is 1. The fraction of sp³-hybridized carbons (Fsp3) is 0.143. The van der Waals surface area contributed by atoms with Gasteiger partial charge in [-0.3, -0.25) is 4.79 Å². The van der Waals surface area contributed by atoms with Gasteiger partial charge in [0.15, 0.2) is 0 Å². The molecule has 4 heteroatoms. The van der Waals surface area contributed by atoms with Crippen molar-refractivity contribution >= 4 is 27.5 Å². The molecule has 0 saturated heterocycles. The molecule has 0 unspecified atom stereocenters. The Labute approximate surface area is 114 Å². The molecule has 1 aromatic heterocycles. The van der Waals surface area contributed by atoms with Gasteiger partial charge < -0.3 is 5.32 Å². The van der Waals surface area contributed by atoms with Crippen LogP contribution in [0.15, 0.2) is 47.1 Å². The Balaban J connectivity index is 2.21. The van der Waals surface area contributed by atoms with Gasteiger partial charge in [0.1, 0.15) is 10.3 Å². The largest absolute Gasteiger partial charge is 0.320 e. The van der Waals surface area contributed by atoms with E-state index in [2.05, 4.69) is 33.2 Å². The zero-order valence-electron chi connectivity index (χ0n) is 9.98. The third-order valence-electron chi connectivity index (χ3n) is 2.59. The SMILES string of the molecule is CCc1ccccc1NC(=O)c1cccc(Br)n1. The number of rotatable bonds is 3.